The summed E-state index contributed by atoms with van der Waals surface area (Å²) in [6.07, 6.45) is 2.82. The standard InChI is InChI=1S/C29H32N4O6/c1-17(34)33-22-10-8-18-13-25(37-2)28(38-3)29(39-4)27(18)20-9-11-23(24(35)14-21(20)22)31-16-26(36)32-15-19-7-5-6-12-30-19/h5-7,9,11-14,22H,8,10,15-16H2,1-4H3,(H,31,35)(H,32,36)(H,33,34)/t22-/m0/s1. The molecule has 0 aliphatic heterocycles. The second kappa shape index (κ2) is 12.3. The minimum atomic E-state index is -0.416. The zero-order valence-corrected chi connectivity index (χ0v) is 22.4. The molecule has 0 saturated carbocycles. The molecule has 2 amide bonds. The van der Waals surface area contributed by atoms with E-state index in [0.717, 1.165) is 16.8 Å². The third-order valence-electron chi connectivity index (χ3n) is 6.55. The highest BCUT2D eigenvalue weighted by Gasteiger charge is 2.29. The quantitative estimate of drug-likeness (QED) is 0.384. The lowest BCUT2D eigenvalue weighted by Crippen LogP contribution is -2.30. The van der Waals surface area contributed by atoms with Crippen molar-refractivity contribution in [1.29, 1.82) is 0 Å². The monoisotopic (exact) mass is 532 g/mol. The van der Waals surface area contributed by atoms with Crippen molar-refractivity contribution in [2.75, 3.05) is 33.2 Å². The number of amides is 2. The van der Waals surface area contributed by atoms with Crippen molar-refractivity contribution in [2.24, 2.45) is 0 Å². The molecule has 1 atom stereocenters. The molecule has 204 valence electrons. The zero-order valence-electron chi connectivity index (χ0n) is 22.4. The van der Waals surface area contributed by atoms with Gasteiger partial charge < -0.3 is 30.2 Å². The molecule has 1 aliphatic carbocycles. The Bertz CT molecular complexity index is 1430. The Morgan fingerprint density at radius 3 is 2.49 bits per heavy atom. The van der Waals surface area contributed by atoms with Crippen molar-refractivity contribution in [3.63, 3.8) is 0 Å². The number of benzene rings is 1. The average molecular weight is 533 g/mol. The van der Waals surface area contributed by atoms with Crippen LogP contribution < -0.4 is 35.6 Å². The van der Waals surface area contributed by atoms with E-state index in [9.17, 15) is 14.4 Å². The van der Waals surface area contributed by atoms with Crippen molar-refractivity contribution in [1.82, 2.24) is 15.6 Å². The summed E-state index contributed by atoms with van der Waals surface area (Å²) in [7, 11) is 4.64. The number of nitrogens with zero attached hydrogens (tertiary/aromatic N) is 1. The van der Waals surface area contributed by atoms with Gasteiger partial charge in [-0.1, -0.05) is 12.1 Å². The number of hydrogen-bond donors (Lipinski definition) is 3. The Hall–Kier alpha value is -4.60. The number of nitrogens with one attached hydrogen (secondary N) is 3. The number of aromatic nitrogens is 1. The number of carbonyl (C=O) groups is 2. The molecule has 1 heterocycles. The van der Waals surface area contributed by atoms with Gasteiger partial charge in [-0.25, -0.2) is 0 Å². The van der Waals surface area contributed by atoms with Crippen molar-refractivity contribution < 1.29 is 23.8 Å². The molecule has 4 rings (SSSR count). The number of aryl methyl sites for hydroxylation is 1. The van der Waals surface area contributed by atoms with Gasteiger partial charge in [0.25, 0.3) is 0 Å². The fraction of sp³-hybridized carbons (Fsp3) is 0.310. The number of ether oxygens (including phenoxy) is 3. The van der Waals surface area contributed by atoms with Gasteiger partial charge in [0, 0.05) is 18.7 Å². The summed E-state index contributed by atoms with van der Waals surface area (Å²) in [5.41, 5.74) is 3.71. The van der Waals surface area contributed by atoms with E-state index >= 15 is 0 Å². The summed E-state index contributed by atoms with van der Waals surface area (Å²) in [4.78, 5) is 42.0. The Kier molecular flexibility index (Phi) is 8.65. The summed E-state index contributed by atoms with van der Waals surface area (Å²) >= 11 is 0. The normalized spacial score (nSPS) is 13.7. The van der Waals surface area contributed by atoms with Crippen molar-refractivity contribution >= 4 is 17.5 Å². The van der Waals surface area contributed by atoms with E-state index in [4.69, 9.17) is 14.2 Å². The average Bonchev–Trinajstić information content (AvgIpc) is 3.18. The van der Waals surface area contributed by atoms with Gasteiger partial charge in [0.15, 0.2) is 11.5 Å². The number of carbonyl (C=O) groups excluding carboxylic acids is 2. The molecule has 1 aliphatic rings. The third-order valence-corrected chi connectivity index (χ3v) is 6.55. The largest absolute Gasteiger partial charge is 0.493 e. The first-order valence-corrected chi connectivity index (χ1v) is 12.5. The van der Waals surface area contributed by atoms with E-state index in [-0.39, 0.29) is 36.0 Å². The summed E-state index contributed by atoms with van der Waals surface area (Å²) in [5.74, 6) is 0.934. The minimum absolute atomic E-state index is 0.100. The molecule has 0 saturated heterocycles. The van der Waals surface area contributed by atoms with Gasteiger partial charge >= 0.3 is 0 Å². The van der Waals surface area contributed by atoms with E-state index in [1.165, 1.54) is 20.1 Å². The molecule has 0 fully saturated rings. The number of methoxy groups -OCH3 is 3. The molecular formula is C29H32N4O6. The van der Waals surface area contributed by atoms with Crippen molar-refractivity contribution in [2.45, 2.75) is 32.4 Å². The van der Waals surface area contributed by atoms with Gasteiger partial charge in [-0.3, -0.25) is 19.4 Å². The third kappa shape index (κ3) is 6.11. The molecule has 1 aromatic heterocycles. The minimum Gasteiger partial charge on any atom is -0.493 e. The Balaban J connectivity index is 1.73. The van der Waals surface area contributed by atoms with Crippen LogP contribution in [0.4, 0.5) is 5.69 Å². The number of pyridine rings is 1. The fourth-order valence-electron chi connectivity index (χ4n) is 4.78. The topological polar surface area (TPSA) is 128 Å². The first kappa shape index (κ1) is 27.4. The molecule has 3 aromatic rings. The van der Waals surface area contributed by atoms with Crippen molar-refractivity contribution in [3.8, 4) is 28.4 Å². The maximum absolute atomic E-state index is 13.3. The second-order valence-corrected chi connectivity index (χ2v) is 9.05. The highest BCUT2D eigenvalue weighted by molar-refractivity contribution is 5.84. The van der Waals surface area contributed by atoms with Crippen LogP contribution in [0.5, 0.6) is 17.2 Å². The predicted octanol–water partition coefficient (Wildman–Crippen LogP) is 2.99. The van der Waals surface area contributed by atoms with E-state index in [0.29, 0.717) is 41.2 Å². The lowest BCUT2D eigenvalue weighted by atomic mass is 9.95. The fourth-order valence-corrected chi connectivity index (χ4v) is 4.78. The van der Waals surface area contributed by atoms with Crippen LogP contribution in [-0.2, 0) is 22.6 Å². The molecular weight excluding hydrogens is 500 g/mol. The van der Waals surface area contributed by atoms with Gasteiger partial charge in [0.1, 0.15) is 0 Å². The predicted molar refractivity (Wildman–Crippen MR) is 147 cm³/mol. The number of hydrogen-bond acceptors (Lipinski definition) is 8. The van der Waals surface area contributed by atoms with Gasteiger partial charge in [-0.15, -0.1) is 0 Å². The zero-order chi connectivity index (χ0) is 27.9. The van der Waals surface area contributed by atoms with Crippen LogP contribution in [0.25, 0.3) is 11.1 Å². The first-order valence-electron chi connectivity index (χ1n) is 12.5. The number of fused-ring (bicyclic) bond motifs is 3. The van der Waals surface area contributed by atoms with E-state index in [1.807, 2.05) is 18.2 Å². The highest BCUT2D eigenvalue weighted by atomic mass is 16.5. The number of rotatable bonds is 9. The highest BCUT2D eigenvalue weighted by Crippen LogP contribution is 2.50. The molecule has 0 radical (unpaired) electrons. The van der Waals surface area contributed by atoms with Crippen LogP contribution in [0, 0.1) is 0 Å². The lowest BCUT2D eigenvalue weighted by Gasteiger charge is -2.19. The van der Waals surface area contributed by atoms with Gasteiger partial charge in [0.05, 0.1) is 51.8 Å². The molecule has 10 heteroatoms. The Morgan fingerprint density at radius 1 is 1.03 bits per heavy atom. The van der Waals surface area contributed by atoms with E-state index < -0.39 is 6.04 Å². The molecule has 0 bridgehead atoms. The maximum atomic E-state index is 13.3. The molecule has 0 unspecified atom stereocenters. The Labute approximate surface area is 226 Å². The SMILES string of the molecule is COc1cc2c(c(OC)c1OC)-c1ccc(NCC(=O)NCc3ccccn3)c(=O)cc1[C@@H](NC(C)=O)CC2. The summed E-state index contributed by atoms with van der Waals surface area (Å²) in [6.45, 7) is 1.63. The van der Waals surface area contributed by atoms with Crippen LogP contribution in [-0.4, -0.2) is 44.7 Å². The number of anilines is 1. The molecule has 3 N–H and O–H groups in total. The molecule has 39 heavy (non-hydrogen) atoms. The van der Waals surface area contributed by atoms with Crippen LogP contribution in [0.2, 0.25) is 0 Å². The van der Waals surface area contributed by atoms with Crippen LogP contribution in [0.3, 0.4) is 0 Å². The van der Waals surface area contributed by atoms with Crippen LogP contribution in [0.1, 0.15) is 36.2 Å². The molecule has 10 nitrogen and oxygen atoms in total. The van der Waals surface area contributed by atoms with Crippen LogP contribution in [0.15, 0.2) is 53.5 Å². The molecule has 0 spiro atoms. The van der Waals surface area contributed by atoms with Crippen molar-refractivity contribution in [3.05, 3.63) is 75.7 Å². The second-order valence-electron chi connectivity index (χ2n) is 9.05. The molecule has 2 aromatic carbocycles. The summed E-state index contributed by atoms with van der Waals surface area (Å²) in [6, 6.07) is 11.9. The van der Waals surface area contributed by atoms with Gasteiger partial charge in [0.2, 0.25) is 23.0 Å². The van der Waals surface area contributed by atoms with Gasteiger partial charge in [-0.05, 0) is 59.9 Å². The van der Waals surface area contributed by atoms with E-state index in [2.05, 4.69) is 20.9 Å². The summed E-state index contributed by atoms with van der Waals surface area (Å²) in [5, 5.41) is 8.71. The van der Waals surface area contributed by atoms with Crippen LogP contribution >= 0.6 is 0 Å². The van der Waals surface area contributed by atoms with Gasteiger partial charge in [-0.2, -0.15) is 0 Å². The lowest BCUT2D eigenvalue weighted by molar-refractivity contribution is -0.120. The smallest absolute Gasteiger partial charge is 0.239 e. The first-order chi connectivity index (χ1) is 18.9. The van der Waals surface area contributed by atoms with E-state index in [1.54, 1.807) is 38.6 Å². The Morgan fingerprint density at radius 2 is 1.82 bits per heavy atom. The maximum Gasteiger partial charge on any atom is 0.239 e. The summed E-state index contributed by atoms with van der Waals surface area (Å²) < 4.78 is 17.0.